The first kappa shape index (κ1) is 16.5. The van der Waals surface area contributed by atoms with Crippen LogP contribution in [0.1, 0.15) is 24.2 Å². The third kappa shape index (κ3) is 3.69. The lowest BCUT2D eigenvalue weighted by molar-refractivity contribution is -0.114. The van der Waals surface area contributed by atoms with Crippen molar-refractivity contribution >= 4 is 17.4 Å². The molecule has 0 radical (unpaired) electrons. The zero-order valence-corrected chi connectivity index (χ0v) is 13.6. The van der Waals surface area contributed by atoms with Crippen LogP contribution in [0.2, 0.25) is 0 Å². The summed E-state index contributed by atoms with van der Waals surface area (Å²) in [6.07, 6.45) is 0. The second-order valence-electron chi connectivity index (χ2n) is 5.07. The molecule has 2 rings (SSSR count). The third-order valence-corrected chi connectivity index (χ3v) is 3.43. The van der Waals surface area contributed by atoms with E-state index in [9.17, 15) is 9.59 Å². The van der Waals surface area contributed by atoms with Crippen molar-refractivity contribution in [2.24, 2.45) is 0 Å². The molecule has 0 saturated carbocycles. The predicted molar refractivity (Wildman–Crippen MR) is 89.3 cm³/mol. The van der Waals surface area contributed by atoms with Crippen molar-refractivity contribution in [1.82, 2.24) is 0 Å². The Labute approximate surface area is 135 Å². The van der Waals surface area contributed by atoms with E-state index >= 15 is 0 Å². The number of anilines is 1. The number of ketones is 1. The lowest BCUT2D eigenvalue weighted by atomic mass is 9.99. The summed E-state index contributed by atoms with van der Waals surface area (Å²) in [5, 5.41) is 2.78. The number of carbonyl (C=O) groups is 2. The Kier molecular flexibility index (Phi) is 5.01. The van der Waals surface area contributed by atoms with Crippen LogP contribution in [0.5, 0.6) is 11.5 Å². The van der Waals surface area contributed by atoms with Gasteiger partial charge in [0.1, 0.15) is 0 Å². The molecule has 2 aromatic carbocycles. The first-order valence-corrected chi connectivity index (χ1v) is 7.11. The highest BCUT2D eigenvalue weighted by Gasteiger charge is 2.12. The molecular formula is C18H19NO4. The summed E-state index contributed by atoms with van der Waals surface area (Å²) in [5.41, 5.74) is 2.77. The number of Topliss-reactive ketones (excluding diaryl/α,β-unsaturated/α-hetero) is 1. The van der Waals surface area contributed by atoms with Gasteiger partial charge in [0.15, 0.2) is 17.3 Å². The Bertz CT molecular complexity index is 753. The highest BCUT2D eigenvalue weighted by atomic mass is 16.5. The normalized spacial score (nSPS) is 10.1. The Morgan fingerprint density at radius 3 is 2.17 bits per heavy atom. The average Bonchev–Trinajstić information content (AvgIpc) is 2.53. The standard InChI is InChI=1S/C18H19NO4/c1-11(20)13-5-7-16(19-12(2)21)15(9-13)14-6-8-17(22-3)18(10-14)23-4/h5-10H,1-4H3,(H,19,21). The molecule has 5 nitrogen and oxygen atoms in total. The highest BCUT2D eigenvalue weighted by Crippen LogP contribution is 2.36. The number of hydrogen-bond donors (Lipinski definition) is 1. The first-order chi connectivity index (χ1) is 11.0. The maximum absolute atomic E-state index is 11.7. The minimum atomic E-state index is -0.178. The molecule has 0 unspecified atom stereocenters. The third-order valence-electron chi connectivity index (χ3n) is 3.43. The van der Waals surface area contributed by atoms with Gasteiger partial charge in [-0.05, 0) is 42.8 Å². The molecule has 0 aromatic heterocycles. The van der Waals surface area contributed by atoms with Gasteiger partial charge in [0.2, 0.25) is 5.91 Å². The molecule has 0 bridgehead atoms. The number of methoxy groups -OCH3 is 2. The molecule has 2 aromatic rings. The number of hydrogen-bond acceptors (Lipinski definition) is 4. The summed E-state index contributed by atoms with van der Waals surface area (Å²) in [6, 6.07) is 10.6. The fraction of sp³-hybridized carbons (Fsp3) is 0.222. The summed E-state index contributed by atoms with van der Waals surface area (Å²) < 4.78 is 10.6. The summed E-state index contributed by atoms with van der Waals surface area (Å²) >= 11 is 0. The maximum atomic E-state index is 11.7. The predicted octanol–water partition coefficient (Wildman–Crippen LogP) is 3.53. The van der Waals surface area contributed by atoms with E-state index in [0.29, 0.717) is 22.7 Å². The summed E-state index contributed by atoms with van der Waals surface area (Å²) in [4.78, 5) is 23.1. The summed E-state index contributed by atoms with van der Waals surface area (Å²) in [6.45, 7) is 2.95. The van der Waals surface area contributed by atoms with Crippen molar-refractivity contribution in [2.75, 3.05) is 19.5 Å². The zero-order chi connectivity index (χ0) is 17.0. The van der Waals surface area contributed by atoms with Gasteiger partial charge < -0.3 is 14.8 Å². The SMILES string of the molecule is COc1ccc(-c2cc(C(C)=O)ccc2NC(C)=O)cc1OC. The number of ether oxygens (including phenoxy) is 2. The molecular weight excluding hydrogens is 294 g/mol. The quantitative estimate of drug-likeness (QED) is 0.858. The fourth-order valence-electron chi connectivity index (χ4n) is 2.30. The van der Waals surface area contributed by atoms with Crippen molar-refractivity contribution in [2.45, 2.75) is 13.8 Å². The van der Waals surface area contributed by atoms with Gasteiger partial charge in [0.05, 0.1) is 14.2 Å². The number of benzene rings is 2. The second-order valence-corrected chi connectivity index (χ2v) is 5.07. The first-order valence-electron chi connectivity index (χ1n) is 7.11. The van der Waals surface area contributed by atoms with Crippen LogP contribution < -0.4 is 14.8 Å². The molecule has 0 heterocycles. The minimum absolute atomic E-state index is 0.0406. The van der Waals surface area contributed by atoms with Crippen LogP contribution in [0.25, 0.3) is 11.1 Å². The van der Waals surface area contributed by atoms with Gasteiger partial charge in [-0.25, -0.2) is 0 Å². The Hall–Kier alpha value is -2.82. The lowest BCUT2D eigenvalue weighted by Crippen LogP contribution is -2.07. The summed E-state index contributed by atoms with van der Waals surface area (Å²) in [5.74, 6) is 0.968. The van der Waals surface area contributed by atoms with Crippen LogP contribution in [0.4, 0.5) is 5.69 Å². The minimum Gasteiger partial charge on any atom is -0.493 e. The Morgan fingerprint density at radius 2 is 1.61 bits per heavy atom. The van der Waals surface area contributed by atoms with Gasteiger partial charge in [0.25, 0.3) is 0 Å². The van der Waals surface area contributed by atoms with E-state index in [-0.39, 0.29) is 11.7 Å². The van der Waals surface area contributed by atoms with Crippen molar-refractivity contribution in [3.63, 3.8) is 0 Å². The van der Waals surface area contributed by atoms with Crippen LogP contribution >= 0.6 is 0 Å². The van der Waals surface area contributed by atoms with Crippen LogP contribution in [0.15, 0.2) is 36.4 Å². The van der Waals surface area contributed by atoms with Gasteiger partial charge in [0, 0.05) is 23.7 Å². The number of rotatable bonds is 5. The zero-order valence-electron chi connectivity index (χ0n) is 13.6. The highest BCUT2D eigenvalue weighted by molar-refractivity contribution is 5.99. The Morgan fingerprint density at radius 1 is 0.913 bits per heavy atom. The topological polar surface area (TPSA) is 64.6 Å². The van der Waals surface area contributed by atoms with E-state index in [1.807, 2.05) is 12.1 Å². The number of nitrogens with one attached hydrogen (secondary N) is 1. The van der Waals surface area contributed by atoms with Crippen LogP contribution in [0.3, 0.4) is 0 Å². The van der Waals surface area contributed by atoms with Crippen molar-refractivity contribution in [1.29, 1.82) is 0 Å². The molecule has 0 aliphatic heterocycles. The van der Waals surface area contributed by atoms with Gasteiger partial charge >= 0.3 is 0 Å². The Balaban J connectivity index is 2.61. The molecule has 23 heavy (non-hydrogen) atoms. The van der Waals surface area contributed by atoms with Gasteiger partial charge in [-0.1, -0.05) is 6.07 Å². The van der Waals surface area contributed by atoms with Gasteiger partial charge in [-0.15, -0.1) is 0 Å². The molecule has 0 saturated heterocycles. The smallest absolute Gasteiger partial charge is 0.221 e. The van der Waals surface area contributed by atoms with E-state index in [4.69, 9.17) is 9.47 Å². The molecule has 0 atom stereocenters. The maximum Gasteiger partial charge on any atom is 0.221 e. The molecule has 1 amide bonds. The van der Waals surface area contributed by atoms with E-state index in [0.717, 1.165) is 11.1 Å². The molecule has 5 heteroatoms. The van der Waals surface area contributed by atoms with E-state index in [2.05, 4.69) is 5.32 Å². The molecule has 0 aliphatic carbocycles. The van der Waals surface area contributed by atoms with Crippen LogP contribution in [-0.2, 0) is 4.79 Å². The fourth-order valence-corrected chi connectivity index (χ4v) is 2.30. The summed E-state index contributed by atoms with van der Waals surface area (Å²) in [7, 11) is 3.12. The van der Waals surface area contributed by atoms with Crippen LogP contribution in [-0.4, -0.2) is 25.9 Å². The van der Waals surface area contributed by atoms with E-state index in [1.165, 1.54) is 13.8 Å². The van der Waals surface area contributed by atoms with Crippen molar-refractivity contribution in [3.05, 3.63) is 42.0 Å². The molecule has 0 spiro atoms. The molecule has 120 valence electrons. The van der Waals surface area contributed by atoms with Gasteiger partial charge in [-0.3, -0.25) is 9.59 Å². The molecule has 0 fully saturated rings. The molecule has 0 aliphatic rings. The average molecular weight is 313 g/mol. The van der Waals surface area contributed by atoms with Crippen molar-refractivity contribution < 1.29 is 19.1 Å². The monoisotopic (exact) mass is 313 g/mol. The number of amides is 1. The van der Waals surface area contributed by atoms with E-state index < -0.39 is 0 Å². The van der Waals surface area contributed by atoms with Crippen LogP contribution in [0, 0.1) is 0 Å². The number of carbonyl (C=O) groups excluding carboxylic acids is 2. The lowest BCUT2D eigenvalue weighted by Gasteiger charge is -2.14. The molecule has 1 N–H and O–H groups in total. The van der Waals surface area contributed by atoms with Gasteiger partial charge in [-0.2, -0.15) is 0 Å². The van der Waals surface area contributed by atoms with E-state index in [1.54, 1.807) is 38.5 Å². The van der Waals surface area contributed by atoms with Crippen molar-refractivity contribution in [3.8, 4) is 22.6 Å². The largest absolute Gasteiger partial charge is 0.493 e. The second kappa shape index (κ2) is 6.96.